The summed E-state index contributed by atoms with van der Waals surface area (Å²) in [6.07, 6.45) is 0.406. The first-order valence-electron chi connectivity index (χ1n) is 6.05. The molecular formula is C14H17NO4. The Morgan fingerprint density at radius 2 is 1.89 bits per heavy atom. The fourth-order valence-corrected chi connectivity index (χ4v) is 2.15. The van der Waals surface area contributed by atoms with Crippen molar-refractivity contribution in [2.24, 2.45) is 5.41 Å². The van der Waals surface area contributed by atoms with E-state index in [2.05, 4.69) is 5.32 Å². The van der Waals surface area contributed by atoms with Crippen LogP contribution in [0.1, 0.15) is 36.2 Å². The van der Waals surface area contributed by atoms with Gasteiger partial charge in [0.25, 0.3) is 5.91 Å². The number of nitrogens with one attached hydrogen (secondary N) is 1. The van der Waals surface area contributed by atoms with Crippen LogP contribution in [0.4, 0.5) is 5.69 Å². The maximum absolute atomic E-state index is 12.0. The van der Waals surface area contributed by atoms with E-state index >= 15 is 0 Å². The smallest absolute Gasteiger partial charge is 0.336 e. The summed E-state index contributed by atoms with van der Waals surface area (Å²) in [5, 5.41) is 21.7. The molecule has 1 unspecified atom stereocenters. The molecule has 1 fully saturated rings. The van der Waals surface area contributed by atoms with Gasteiger partial charge in [0.2, 0.25) is 0 Å². The Hall–Kier alpha value is -1.88. The second-order valence-corrected chi connectivity index (χ2v) is 5.71. The lowest BCUT2D eigenvalue weighted by molar-refractivity contribution is -0.127. The zero-order valence-electron chi connectivity index (χ0n) is 11.2. The highest BCUT2D eigenvalue weighted by Crippen LogP contribution is 2.55. The minimum Gasteiger partial charge on any atom is -0.478 e. The van der Waals surface area contributed by atoms with Crippen molar-refractivity contribution >= 4 is 17.6 Å². The number of benzene rings is 1. The molecule has 1 aromatic rings. The van der Waals surface area contributed by atoms with Crippen LogP contribution in [0.2, 0.25) is 0 Å². The number of aliphatic hydroxyl groups is 1. The number of carboxylic acid groups (broad SMARTS) is 1. The summed E-state index contributed by atoms with van der Waals surface area (Å²) in [6, 6.07) is 4.65. The van der Waals surface area contributed by atoms with Crippen LogP contribution in [-0.4, -0.2) is 27.7 Å². The van der Waals surface area contributed by atoms with Crippen LogP contribution in [0.25, 0.3) is 0 Å². The Morgan fingerprint density at radius 3 is 2.37 bits per heavy atom. The molecule has 1 aliphatic rings. The van der Waals surface area contributed by atoms with Crippen molar-refractivity contribution in [1.29, 1.82) is 0 Å². The Balaban J connectivity index is 2.19. The molecule has 0 aliphatic heterocycles. The molecule has 5 heteroatoms. The van der Waals surface area contributed by atoms with Gasteiger partial charge in [-0.3, -0.25) is 4.79 Å². The Morgan fingerprint density at radius 1 is 1.32 bits per heavy atom. The van der Waals surface area contributed by atoms with Gasteiger partial charge in [-0.2, -0.15) is 0 Å². The highest BCUT2D eigenvalue weighted by Gasteiger charge is 2.65. The first kappa shape index (κ1) is 13.5. The highest BCUT2D eigenvalue weighted by molar-refractivity contribution is 6.01. The number of aromatic carboxylic acids is 1. The van der Waals surface area contributed by atoms with Gasteiger partial charge in [0.05, 0.1) is 5.56 Å². The molecule has 19 heavy (non-hydrogen) atoms. The number of carbonyl (C=O) groups is 2. The summed E-state index contributed by atoms with van der Waals surface area (Å²) >= 11 is 0. The molecule has 1 amide bonds. The number of hydrogen-bond donors (Lipinski definition) is 3. The molecule has 102 valence electrons. The normalized spacial score (nSPS) is 23.8. The number of rotatable bonds is 3. The van der Waals surface area contributed by atoms with Crippen LogP contribution in [0.5, 0.6) is 0 Å². The lowest BCUT2D eigenvalue weighted by Crippen LogP contribution is -2.33. The minimum absolute atomic E-state index is 0.139. The Kier molecular flexibility index (Phi) is 2.90. The number of carboxylic acids is 1. The van der Waals surface area contributed by atoms with Crippen molar-refractivity contribution in [2.75, 3.05) is 5.32 Å². The number of hydrogen-bond acceptors (Lipinski definition) is 3. The van der Waals surface area contributed by atoms with Crippen LogP contribution >= 0.6 is 0 Å². The largest absolute Gasteiger partial charge is 0.478 e. The third-order valence-corrected chi connectivity index (χ3v) is 3.79. The van der Waals surface area contributed by atoms with E-state index in [1.807, 2.05) is 13.8 Å². The van der Waals surface area contributed by atoms with Crippen molar-refractivity contribution in [3.8, 4) is 0 Å². The van der Waals surface area contributed by atoms with Gasteiger partial charge in [0, 0.05) is 11.1 Å². The van der Waals surface area contributed by atoms with Crippen LogP contribution in [0.15, 0.2) is 18.2 Å². The molecule has 0 bridgehead atoms. The predicted octanol–water partition coefficient (Wildman–Crippen LogP) is 1.79. The summed E-state index contributed by atoms with van der Waals surface area (Å²) in [4.78, 5) is 23.0. The SMILES string of the molecule is Cc1ccc(NC(=O)C2(O)CC2(C)C)cc1C(=O)O. The Labute approximate surface area is 111 Å². The molecule has 5 nitrogen and oxygen atoms in total. The third kappa shape index (κ3) is 2.21. The fourth-order valence-electron chi connectivity index (χ4n) is 2.15. The molecule has 1 saturated carbocycles. The van der Waals surface area contributed by atoms with E-state index in [1.165, 1.54) is 6.07 Å². The Bertz CT molecular complexity index is 565. The number of carbonyl (C=O) groups excluding carboxylic acids is 1. The van der Waals surface area contributed by atoms with Crippen molar-refractivity contribution < 1.29 is 19.8 Å². The second kappa shape index (κ2) is 4.06. The van der Waals surface area contributed by atoms with Crippen molar-refractivity contribution in [3.63, 3.8) is 0 Å². The maximum Gasteiger partial charge on any atom is 0.336 e. The lowest BCUT2D eigenvalue weighted by Gasteiger charge is -2.14. The summed E-state index contributed by atoms with van der Waals surface area (Å²) < 4.78 is 0. The zero-order chi connectivity index (χ0) is 14.4. The monoisotopic (exact) mass is 263 g/mol. The first-order chi connectivity index (χ1) is 8.67. The molecule has 1 atom stereocenters. The van der Waals surface area contributed by atoms with Crippen LogP contribution in [0, 0.1) is 12.3 Å². The lowest BCUT2D eigenvalue weighted by atomic mass is 10.1. The van der Waals surface area contributed by atoms with E-state index in [4.69, 9.17) is 5.11 Å². The summed E-state index contributed by atoms with van der Waals surface area (Å²) in [5.74, 6) is -1.53. The molecular weight excluding hydrogens is 246 g/mol. The van der Waals surface area contributed by atoms with Gasteiger partial charge in [-0.15, -0.1) is 0 Å². The average Bonchev–Trinajstić information content (AvgIpc) is 2.82. The van der Waals surface area contributed by atoms with Gasteiger partial charge < -0.3 is 15.5 Å². The molecule has 0 radical (unpaired) electrons. The van der Waals surface area contributed by atoms with Crippen LogP contribution in [0.3, 0.4) is 0 Å². The van der Waals surface area contributed by atoms with Gasteiger partial charge >= 0.3 is 5.97 Å². The van der Waals surface area contributed by atoms with E-state index in [0.717, 1.165) is 0 Å². The van der Waals surface area contributed by atoms with Gasteiger partial charge in [0.15, 0.2) is 0 Å². The van der Waals surface area contributed by atoms with E-state index in [1.54, 1.807) is 19.1 Å². The second-order valence-electron chi connectivity index (χ2n) is 5.71. The standard InChI is InChI=1S/C14H17NO4/c1-8-4-5-9(6-10(8)11(16)17)15-12(18)14(19)7-13(14,2)3/h4-6,19H,7H2,1-3H3,(H,15,18)(H,16,17). The van der Waals surface area contributed by atoms with Gasteiger partial charge in [-0.05, 0) is 31.0 Å². The number of amides is 1. The van der Waals surface area contributed by atoms with Crippen molar-refractivity contribution in [2.45, 2.75) is 32.8 Å². The van der Waals surface area contributed by atoms with E-state index in [0.29, 0.717) is 17.7 Å². The highest BCUT2D eigenvalue weighted by atomic mass is 16.4. The topological polar surface area (TPSA) is 86.6 Å². The molecule has 0 saturated heterocycles. The molecule has 0 heterocycles. The molecule has 3 N–H and O–H groups in total. The van der Waals surface area contributed by atoms with Crippen molar-refractivity contribution in [3.05, 3.63) is 29.3 Å². The van der Waals surface area contributed by atoms with E-state index in [9.17, 15) is 14.7 Å². The molecule has 0 aromatic heterocycles. The number of anilines is 1. The summed E-state index contributed by atoms with van der Waals surface area (Å²) in [6.45, 7) is 5.31. The fraction of sp³-hybridized carbons (Fsp3) is 0.429. The first-order valence-corrected chi connectivity index (χ1v) is 6.05. The summed E-state index contributed by atoms with van der Waals surface area (Å²) in [5.41, 5.74) is -0.654. The average molecular weight is 263 g/mol. The van der Waals surface area contributed by atoms with Crippen LogP contribution < -0.4 is 5.32 Å². The van der Waals surface area contributed by atoms with Crippen LogP contribution in [-0.2, 0) is 4.79 Å². The van der Waals surface area contributed by atoms with Gasteiger partial charge in [0.1, 0.15) is 5.60 Å². The zero-order valence-corrected chi connectivity index (χ0v) is 11.2. The molecule has 0 spiro atoms. The van der Waals surface area contributed by atoms with Gasteiger partial charge in [-0.25, -0.2) is 4.79 Å². The molecule has 1 aliphatic carbocycles. The number of aryl methyl sites for hydroxylation is 1. The maximum atomic E-state index is 12.0. The van der Waals surface area contributed by atoms with E-state index < -0.39 is 22.9 Å². The van der Waals surface area contributed by atoms with Crippen molar-refractivity contribution in [1.82, 2.24) is 0 Å². The third-order valence-electron chi connectivity index (χ3n) is 3.79. The predicted molar refractivity (Wildman–Crippen MR) is 70.1 cm³/mol. The summed E-state index contributed by atoms with van der Waals surface area (Å²) in [7, 11) is 0. The van der Waals surface area contributed by atoms with E-state index in [-0.39, 0.29) is 5.56 Å². The van der Waals surface area contributed by atoms with Gasteiger partial charge in [-0.1, -0.05) is 19.9 Å². The quantitative estimate of drug-likeness (QED) is 0.776. The minimum atomic E-state index is -1.36. The molecule has 2 rings (SSSR count). The molecule has 1 aromatic carbocycles.